The third kappa shape index (κ3) is 2.97. The Morgan fingerprint density at radius 2 is 2.24 bits per heavy atom. The van der Waals surface area contributed by atoms with Crippen molar-refractivity contribution in [3.63, 3.8) is 0 Å². The van der Waals surface area contributed by atoms with Gasteiger partial charge in [-0.15, -0.1) is 0 Å². The fourth-order valence-corrected chi connectivity index (χ4v) is 2.40. The first-order valence-electron chi connectivity index (χ1n) is 6.87. The van der Waals surface area contributed by atoms with Crippen LogP contribution >= 0.6 is 0 Å². The van der Waals surface area contributed by atoms with E-state index in [0.29, 0.717) is 12.4 Å². The average Bonchev–Trinajstić information content (AvgIpc) is 2.97. The van der Waals surface area contributed by atoms with Crippen molar-refractivity contribution in [3.8, 4) is 5.88 Å². The highest BCUT2D eigenvalue weighted by Crippen LogP contribution is 2.25. The number of anilines is 1. The predicted octanol–water partition coefficient (Wildman–Crippen LogP) is 1.74. The van der Waals surface area contributed by atoms with Gasteiger partial charge in [-0.3, -0.25) is 4.79 Å². The molecule has 21 heavy (non-hydrogen) atoms. The second kappa shape index (κ2) is 5.83. The van der Waals surface area contributed by atoms with Crippen LogP contribution in [0.5, 0.6) is 5.88 Å². The second-order valence-electron chi connectivity index (χ2n) is 4.98. The van der Waals surface area contributed by atoms with Crippen LogP contribution in [0.25, 0.3) is 0 Å². The number of hydrogen-bond acceptors (Lipinski definition) is 4. The number of aromatic nitrogens is 1. The number of nitrogens with zero attached hydrogens (tertiary/aromatic N) is 1. The molecule has 1 unspecified atom stereocenters. The maximum atomic E-state index is 12.2. The molecular weight excluding hydrogens is 266 g/mol. The first-order valence-corrected chi connectivity index (χ1v) is 6.87. The molecule has 5 heteroatoms. The molecule has 0 saturated heterocycles. The molecular formula is C16H17N3O2. The van der Waals surface area contributed by atoms with E-state index >= 15 is 0 Å². The summed E-state index contributed by atoms with van der Waals surface area (Å²) in [7, 11) is 1.58. The number of carbonyl (C=O) groups is 1. The summed E-state index contributed by atoms with van der Waals surface area (Å²) >= 11 is 0. The number of para-hydroxylation sites is 1. The van der Waals surface area contributed by atoms with E-state index in [9.17, 15) is 4.79 Å². The molecule has 5 nitrogen and oxygen atoms in total. The quantitative estimate of drug-likeness (QED) is 0.897. The van der Waals surface area contributed by atoms with Crippen LogP contribution < -0.4 is 15.4 Å². The lowest BCUT2D eigenvalue weighted by Crippen LogP contribution is -2.38. The van der Waals surface area contributed by atoms with Crippen molar-refractivity contribution in [2.75, 3.05) is 12.4 Å². The van der Waals surface area contributed by atoms with E-state index < -0.39 is 0 Å². The minimum absolute atomic E-state index is 0.00187. The number of carbonyl (C=O) groups excluding carboxylic acids is 1. The van der Waals surface area contributed by atoms with Crippen LogP contribution in [0.15, 0.2) is 42.6 Å². The van der Waals surface area contributed by atoms with Crippen LogP contribution in [-0.2, 0) is 17.8 Å². The minimum Gasteiger partial charge on any atom is -0.481 e. The number of fused-ring (bicyclic) bond motifs is 1. The average molecular weight is 283 g/mol. The molecule has 0 radical (unpaired) electrons. The molecule has 1 aromatic carbocycles. The molecule has 2 aromatic rings. The monoisotopic (exact) mass is 283 g/mol. The van der Waals surface area contributed by atoms with Gasteiger partial charge in [0.05, 0.1) is 7.11 Å². The SMILES string of the molecule is COc1ccc(CNC(=O)C2Cc3ccccc3N2)cn1. The Kier molecular flexibility index (Phi) is 3.73. The summed E-state index contributed by atoms with van der Waals surface area (Å²) in [6.07, 6.45) is 2.43. The summed E-state index contributed by atoms with van der Waals surface area (Å²) in [5.41, 5.74) is 3.17. The Hall–Kier alpha value is -2.56. The Morgan fingerprint density at radius 3 is 2.95 bits per heavy atom. The molecule has 1 amide bonds. The number of ether oxygens (including phenoxy) is 1. The number of pyridine rings is 1. The molecule has 0 fully saturated rings. The van der Waals surface area contributed by atoms with E-state index in [0.717, 1.165) is 17.7 Å². The van der Waals surface area contributed by atoms with E-state index in [4.69, 9.17) is 4.74 Å². The molecule has 3 rings (SSSR count). The van der Waals surface area contributed by atoms with Gasteiger partial charge in [0.15, 0.2) is 0 Å². The molecule has 1 atom stereocenters. The number of rotatable bonds is 4. The molecule has 1 aliphatic rings. The van der Waals surface area contributed by atoms with Crippen LogP contribution in [-0.4, -0.2) is 24.0 Å². The summed E-state index contributed by atoms with van der Waals surface area (Å²) in [5, 5.41) is 6.17. The van der Waals surface area contributed by atoms with Crippen LogP contribution in [0.2, 0.25) is 0 Å². The fourth-order valence-electron chi connectivity index (χ4n) is 2.40. The number of nitrogens with one attached hydrogen (secondary N) is 2. The van der Waals surface area contributed by atoms with E-state index in [2.05, 4.69) is 15.6 Å². The van der Waals surface area contributed by atoms with Gasteiger partial charge in [0.2, 0.25) is 11.8 Å². The topological polar surface area (TPSA) is 63.2 Å². The molecule has 108 valence electrons. The van der Waals surface area contributed by atoms with Gasteiger partial charge in [-0.25, -0.2) is 4.98 Å². The van der Waals surface area contributed by atoms with Gasteiger partial charge >= 0.3 is 0 Å². The van der Waals surface area contributed by atoms with E-state index in [1.54, 1.807) is 19.4 Å². The van der Waals surface area contributed by atoms with Crippen molar-refractivity contribution in [1.82, 2.24) is 10.3 Å². The van der Waals surface area contributed by atoms with E-state index in [1.165, 1.54) is 5.56 Å². The molecule has 0 aliphatic carbocycles. The standard InChI is InChI=1S/C16H17N3O2/c1-21-15-7-6-11(9-17-15)10-18-16(20)14-8-12-4-2-3-5-13(12)19-14/h2-7,9,14,19H,8,10H2,1H3,(H,18,20). The van der Waals surface area contributed by atoms with Gasteiger partial charge < -0.3 is 15.4 Å². The van der Waals surface area contributed by atoms with Gasteiger partial charge in [0, 0.05) is 30.9 Å². The van der Waals surface area contributed by atoms with Gasteiger partial charge in [0.25, 0.3) is 0 Å². The Bertz CT molecular complexity index is 615. The molecule has 0 bridgehead atoms. The molecule has 2 heterocycles. The van der Waals surface area contributed by atoms with Gasteiger partial charge in [0.1, 0.15) is 6.04 Å². The Morgan fingerprint density at radius 1 is 1.38 bits per heavy atom. The van der Waals surface area contributed by atoms with Crippen molar-refractivity contribution < 1.29 is 9.53 Å². The number of hydrogen-bond donors (Lipinski definition) is 2. The number of benzene rings is 1. The first kappa shape index (κ1) is 13.4. The maximum absolute atomic E-state index is 12.2. The van der Waals surface area contributed by atoms with Gasteiger partial charge in [-0.2, -0.15) is 0 Å². The van der Waals surface area contributed by atoms with Crippen LogP contribution in [0.4, 0.5) is 5.69 Å². The lowest BCUT2D eigenvalue weighted by molar-refractivity contribution is -0.121. The molecule has 1 aliphatic heterocycles. The third-order valence-corrected chi connectivity index (χ3v) is 3.56. The summed E-state index contributed by atoms with van der Waals surface area (Å²) < 4.78 is 5.00. The molecule has 2 N–H and O–H groups in total. The van der Waals surface area contributed by atoms with Crippen molar-refractivity contribution >= 4 is 11.6 Å². The summed E-state index contributed by atoms with van der Waals surface area (Å²) in [5.74, 6) is 0.569. The highest BCUT2D eigenvalue weighted by molar-refractivity contribution is 5.87. The maximum Gasteiger partial charge on any atom is 0.243 e. The van der Waals surface area contributed by atoms with Gasteiger partial charge in [-0.05, 0) is 17.2 Å². The van der Waals surface area contributed by atoms with Crippen molar-refractivity contribution in [1.29, 1.82) is 0 Å². The highest BCUT2D eigenvalue weighted by atomic mass is 16.5. The van der Waals surface area contributed by atoms with Crippen LogP contribution in [0.1, 0.15) is 11.1 Å². The zero-order valence-corrected chi connectivity index (χ0v) is 11.8. The summed E-state index contributed by atoms with van der Waals surface area (Å²) in [6.45, 7) is 0.463. The predicted molar refractivity (Wildman–Crippen MR) is 80.2 cm³/mol. The van der Waals surface area contributed by atoms with Crippen molar-refractivity contribution in [3.05, 3.63) is 53.7 Å². The normalized spacial score (nSPS) is 16.0. The van der Waals surface area contributed by atoms with E-state index in [-0.39, 0.29) is 11.9 Å². The van der Waals surface area contributed by atoms with Crippen LogP contribution in [0, 0.1) is 0 Å². The number of amides is 1. The highest BCUT2D eigenvalue weighted by Gasteiger charge is 2.25. The summed E-state index contributed by atoms with van der Waals surface area (Å²) in [6, 6.07) is 11.5. The zero-order chi connectivity index (χ0) is 14.7. The van der Waals surface area contributed by atoms with Gasteiger partial charge in [-0.1, -0.05) is 24.3 Å². The van der Waals surface area contributed by atoms with Crippen molar-refractivity contribution in [2.24, 2.45) is 0 Å². The second-order valence-corrected chi connectivity index (χ2v) is 4.98. The molecule has 0 saturated carbocycles. The smallest absolute Gasteiger partial charge is 0.243 e. The van der Waals surface area contributed by atoms with E-state index in [1.807, 2.05) is 30.3 Å². The third-order valence-electron chi connectivity index (χ3n) is 3.56. The lowest BCUT2D eigenvalue weighted by atomic mass is 10.1. The molecule has 0 spiro atoms. The largest absolute Gasteiger partial charge is 0.481 e. The lowest BCUT2D eigenvalue weighted by Gasteiger charge is -2.12. The number of methoxy groups -OCH3 is 1. The minimum atomic E-state index is -0.200. The Labute approximate surface area is 123 Å². The first-order chi connectivity index (χ1) is 10.3. The van der Waals surface area contributed by atoms with Crippen molar-refractivity contribution in [2.45, 2.75) is 19.0 Å². The Balaban J connectivity index is 1.55. The molecule has 1 aromatic heterocycles. The van der Waals surface area contributed by atoms with Crippen LogP contribution in [0.3, 0.4) is 0 Å². The summed E-state index contributed by atoms with van der Waals surface area (Å²) in [4.78, 5) is 16.3. The zero-order valence-electron chi connectivity index (χ0n) is 11.8. The fraction of sp³-hybridized carbons (Fsp3) is 0.250.